The second kappa shape index (κ2) is 5.33. The maximum Gasteiger partial charge on any atom is 0.492 e. The molecule has 1 fully saturated rings. The van der Waals surface area contributed by atoms with E-state index in [2.05, 4.69) is 4.98 Å². The fourth-order valence-corrected chi connectivity index (χ4v) is 2.00. The lowest BCUT2D eigenvalue weighted by atomic mass is 9.77. The Bertz CT molecular complexity index is 606. The molecule has 0 unspecified atom stereocenters. The number of nitrogens with two attached hydrogens (primary N) is 1. The lowest BCUT2D eigenvalue weighted by Crippen LogP contribution is -2.41. The number of H-pyrrole nitrogens is 1. The van der Waals surface area contributed by atoms with E-state index in [9.17, 15) is 9.90 Å². The Labute approximate surface area is 124 Å². The molecule has 7 heteroatoms. The molecular formula is C14H21BN2O4. The molecule has 6 nitrogen and oxygen atoms in total. The van der Waals surface area contributed by atoms with E-state index >= 15 is 0 Å². The van der Waals surface area contributed by atoms with Crippen LogP contribution < -0.4 is 11.3 Å². The molecule has 1 aromatic heterocycles. The van der Waals surface area contributed by atoms with E-state index in [4.69, 9.17) is 15.0 Å². The predicted octanol–water partition coefficient (Wildman–Crippen LogP) is 0.964. The number of anilines is 1. The number of pyridine rings is 1. The third-order valence-corrected chi connectivity index (χ3v) is 4.04. The van der Waals surface area contributed by atoms with E-state index in [0.717, 1.165) is 0 Å². The predicted molar refractivity (Wildman–Crippen MR) is 82.6 cm³/mol. The molecule has 0 aliphatic carbocycles. The van der Waals surface area contributed by atoms with Gasteiger partial charge in [-0.1, -0.05) is 6.08 Å². The summed E-state index contributed by atoms with van der Waals surface area (Å²) in [5.41, 5.74) is 5.65. The SMILES string of the molecule is CC1(C)OB(C(=Cc2c[nH]c(=O)c(N)c2)CO)OC1(C)C. The summed E-state index contributed by atoms with van der Waals surface area (Å²) in [6.45, 7) is 7.57. The smallest absolute Gasteiger partial charge is 0.400 e. The molecule has 0 radical (unpaired) electrons. The van der Waals surface area contributed by atoms with Crippen LogP contribution in [0.3, 0.4) is 0 Å². The van der Waals surface area contributed by atoms with Crippen LogP contribution >= 0.6 is 0 Å². The zero-order chi connectivity index (χ0) is 15.8. The monoisotopic (exact) mass is 292 g/mol. The van der Waals surface area contributed by atoms with Crippen molar-refractivity contribution in [3.8, 4) is 0 Å². The molecule has 21 heavy (non-hydrogen) atoms. The van der Waals surface area contributed by atoms with Crippen LogP contribution in [-0.4, -0.2) is 35.0 Å². The standard InChI is InChI=1S/C14H21BN2O4/c1-13(2)14(3,4)21-15(20-13)10(8-18)5-9-6-11(16)12(19)17-7-9/h5-7,18H,8,16H2,1-4H3,(H,17,19). The van der Waals surface area contributed by atoms with Gasteiger partial charge < -0.3 is 25.1 Å². The summed E-state index contributed by atoms with van der Waals surface area (Å²) < 4.78 is 11.8. The van der Waals surface area contributed by atoms with E-state index in [-0.39, 0.29) is 17.9 Å². The highest BCUT2D eigenvalue weighted by Gasteiger charge is 2.52. The first kappa shape index (κ1) is 15.8. The lowest BCUT2D eigenvalue weighted by molar-refractivity contribution is 0.00578. The molecule has 0 aromatic carbocycles. The second-order valence-corrected chi connectivity index (χ2v) is 6.18. The van der Waals surface area contributed by atoms with Crippen molar-refractivity contribution in [3.05, 3.63) is 33.7 Å². The number of nitrogens with one attached hydrogen (secondary N) is 1. The van der Waals surface area contributed by atoms with Gasteiger partial charge in [0.15, 0.2) is 0 Å². The molecule has 0 spiro atoms. The second-order valence-electron chi connectivity index (χ2n) is 6.18. The van der Waals surface area contributed by atoms with Gasteiger partial charge in [-0.25, -0.2) is 0 Å². The maximum absolute atomic E-state index is 11.3. The largest absolute Gasteiger partial charge is 0.492 e. The highest BCUT2D eigenvalue weighted by atomic mass is 16.7. The summed E-state index contributed by atoms with van der Waals surface area (Å²) in [6, 6.07) is 1.54. The van der Waals surface area contributed by atoms with Crippen LogP contribution in [0.2, 0.25) is 0 Å². The van der Waals surface area contributed by atoms with Gasteiger partial charge in [0.1, 0.15) is 0 Å². The number of hydrogen-bond acceptors (Lipinski definition) is 5. The molecule has 0 amide bonds. The minimum Gasteiger partial charge on any atom is -0.400 e. The molecular weight excluding hydrogens is 271 g/mol. The minimum absolute atomic E-state index is 0.120. The number of hydrogen-bond donors (Lipinski definition) is 3. The number of aromatic amines is 1. The van der Waals surface area contributed by atoms with Crippen LogP contribution in [0.1, 0.15) is 33.3 Å². The summed E-state index contributed by atoms with van der Waals surface area (Å²) in [4.78, 5) is 13.8. The first-order chi connectivity index (χ1) is 9.66. The fourth-order valence-electron chi connectivity index (χ4n) is 2.00. The molecule has 0 saturated carbocycles. The first-order valence-corrected chi connectivity index (χ1v) is 6.81. The number of aliphatic hydroxyl groups excluding tert-OH is 1. The van der Waals surface area contributed by atoms with Gasteiger partial charge in [0.25, 0.3) is 5.56 Å². The van der Waals surface area contributed by atoms with Crippen molar-refractivity contribution in [2.75, 3.05) is 12.3 Å². The summed E-state index contributed by atoms with van der Waals surface area (Å²) in [6.07, 6.45) is 3.23. The number of aliphatic hydroxyl groups is 1. The van der Waals surface area contributed by atoms with Gasteiger partial charge in [0.2, 0.25) is 0 Å². The van der Waals surface area contributed by atoms with Crippen LogP contribution in [0.25, 0.3) is 6.08 Å². The molecule has 114 valence electrons. The van der Waals surface area contributed by atoms with Crippen molar-refractivity contribution in [3.63, 3.8) is 0 Å². The molecule has 1 aliphatic rings. The minimum atomic E-state index is -0.631. The molecule has 1 saturated heterocycles. The molecule has 1 aliphatic heterocycles. The topological polar surface area (TPSA) is 97.6 Å². The lowest BCUT2D eigenvalue weighted by Gasteiger charge is -2.32. The van der Waals surface area contributed by atoms with Crippen LogP contribution in [-0.2, 0) is 9.31 Å². The van der Waals surface area contributed by atoms with Crippen LogP contribution in [0, 0.1) is 0 Å². The van der Waals surface area contributed by atoms with Crippen molar-refractivity contribution in [1.82, 2.24) is 4.98 Å². The Hall–Kier alpha value is -1.57. The average Bonchev–Trinajstić information content (AvgIpc) is 2.59. The number of nitrogen functional groups attached to an aromatic ring is 1. The van der Waals surface area contributed by atoms with Crippen molar-refractivity contribution in [2.24, 2.45) is 0 Å². The third-order valence-electron chi connectivity index (χ3n) is 4.04. The molecule has 2 rings (SSSR count). The van der Waals surface area contributed by atoms with Crippen LogP contribution in [0.5, 0.6) is 0 Å². The summed E-state index contributed by atoms with van der Waals surface area (Å²) in [5, 5.41) is 9.58. The van der Waals surface area contributed by atoms with Gasteiger partial charge in [-0.3, -0.25) is 4.79 Å². The molecule has 0 atom stereocenters. The van der Waals surface area contributed by atoms with Crippen LogP contribution in [0.4, 0.5) is 5.69 Å². The third kappa shape index (κ3) is 3.05. The Balaban J connectivity index is 2.30. The van der Waals surface area contributed by atoms with E-state index in [1.165, 1.54) is 6.20 Å². The van der Waals surface area contributed by atoms with E-state index in [1.54, 1.807) is 12.1 Å². The summed E-state index contributed by atoms with van der Waals surface area (Å²) in [5.74, 6) is 0. The summed E-state index contributed by atoms with van der Waals surface area (Å²) >= 11 is 0. The van der Waals surface area contributed by atoms with Crippen molar-refractivity contribution in [1.29, 1.82) is 0 Å². The zero-order valence-corrected chi connectivity index (χ0v) is 12.8. The van der Waals surface area contributed by atoms with E-state index in [1.807, 2.05) is 27.7 Å². The van der Waals surface area contributed by atoms with E-state index < -0.39 is 18.3 Å². The van der Waals surface area contributed by atoms with Gasteiger partial charge in [0.05, 0.1) is 23.5 Å². The van der Waals surface area contributed by atoms with Crippen molar-refractivity contribution in [2.45, 2.75) is 38.9 Å². The first-order valence-electron chi connectivity index (χ1n) is 6.81. The van der Waals surface area contributed by atoms with Crippen LogP contribution in [0.15, 0.2) is 22.5 Å². The Morgan fingerprint density at radius 2 is 1.95 bits per heavy atom. The van der Waals surface area contributed by atoms with E-state index in [0.29, 0.717) is 11.0 Å². The van der Waals surface area contributed by atoms with Gasteiger partial charge in [-0.05, 0) is 44.8 Å². The Kier molecular flexibility index (Phi) is 4.01. The normalized spacial score (nSPS) is 20.8. The Morgan fingerprint density at radius 3 is 2.43 bits per heavy atom. The quantitative estimate of drug-likeness (QED) is 0.721. The van der Waals surface area contributed by atoms with Gasteiger partial charge in [-0.15, -0.1) is 0 Å². The number of aromatic nitrogens is 1. The van der Waals surface area contributed by atoms with Gasteiger partial charge in [0, 0.05) is 6.20 Å². The fraction of sp³-hybridized carbons (Fsp3) is 0.500. The van der Waals surface area contributed by atoms with Gasteiger partial charge in [-0.2, -0.15) is 0 Å². The highest BCUT2D eigenvalue weighted by Crippen LogP contribution is 2.38. The number of rotatable bonds is 3. The average molecular weight is 292 g/mol. The highest BCUT2D eigenvalue weighted by molar-refractivity contribution is 6.55. The van der Waals surface area contributed by atoms with Crippen molar-refractivity contribution >= 4 is 18.9 Å². The molecule has 1 aromatic rings. The van der Waals surface area contributed by atoms with Gasteiger partial charge >= 0.3 is 7.12 Å². The molecule has 0 bridgehead atoms. The molecule has 4 N–H and O–H groups in total. The van der Waals surface area contributed by atoms with Crippen molar-refractivity contribution < 1.29 is 14.4 Å². The maximum atomic E-state index is 11.3. The molecule has 2 heterocycles. The Morgan fingerprint density at radius 1 is 1.38 bits per heavy atom. The zero-order valence-electron chi connectivity index (χ0n) is 12.8. The summed E-state index contributed by atoms with van der Waals surface area (Å²) in [7, 11) is -0.631.